The number of esters is 1. The van der Waals surface area contributed by atoms with Gasteiger partial charge in [-0.15, -0.1) is 0 Å². The van der Waals surface area contributed by atoms with Crippen LogP contribution in [0.5, 0.6) is 0 Å². The van der Waals surface area contributed by atoms with Gasteiger partial charge in [0.2, 0.25) is 0 Å². The normalized spacial score (nSPS) is 34.9. The van der Waals surface area contributed by atoms with Crippen LogP contribution in [0.2, 0.25) is 0 Å². The first kappa shape index (κ1) is 27.6. The molecule has 2 N–H and O–H groups in total. The van der Waals surface area contributed by atoms with Gasteiger partial charge in [-0.2, -0.15) is 0 Å². The molecule has 194 valence electrons. The maximum atomic E-state index is 12.8. The van der Waals surface area contributed by atoms with Crippen LogP contribution in [-0.2, 0) is 14.3 Å². The smallest absolute Gasteiger partial charge is 0.319 e. The Balaban J connectivity index is 1.74. The van der Waals surface area contributed by atoms with E-state index in [4.69, 9.17) is 4.74 Å². The van der Waals surface area contributed by atoms with Crippen LogP contribution in [0.4, 0.5) is 0 Å². The standard InChI is InChI=1S/C30H44O5/c1-7-35-28(34)29(4,5)27(33)15-10-19(2)24-13-14-25-21(9-8-16-30(24,25)6)11-12-22-17-23(31)18-26(32)20(22)3/h10-12,15,19,23-26,31-32H,3,7-9,13-14,16-18H2,1-2,4-6H3/t19-,23-,24-,25+,26+,30-/m1/s1. The summed E-state index contributed by atoms with van der Waals surface area (Å²) in [5, 5.41) is 20.2. The fraction of sp³-hybridized carbons (Fsp3) is 0.667. The SMILES string of the molecule is C=C1C(=CC=C2CCC[C@]3(C)[C@@H]([C@H](C)C=CC(=O)C(C)(C)C(=O)OCC)CC[C@@H]23)C[C@@H](O)C[C@@H]1O. The molecule has 5 nitrogen and oxygen atoms in total. The first-order valence-corrected chi connectivity index (χ1v) is 13.3. The molecule has 0 aromatic carbocycles. The Morgan fingerprint density at radius 1 is 1.26 bits per heavy atom. The lowest BCUT2D eigenvalue weighted by atomic mass is 9.61. The maximum Gasteiger partial charge on any atom is 0.319 e. The Bertz CT molecular complexity index is 923. The molecule has 5 heteroatoms. The van der Waals surface area contributed by atoms with Gasteiger partial charge in [0.25, 0.3) is 0 Å². The van der Waals surface area contributed by atoms with Crippen molar-refractivity contribution in [1.29, 1.82) is 0 Å². The van der Waals surface area contributed by atoms with Crippen molar-refractivity contribution in [3.05, 3.63) is 47.6 Å². The second-order valence-corrected chi connectivity index (χ2v) is 11.6. The highest BCUT2D eigenvalue weighted by Crippen LogP contribution is 2.59. The number of fused-ring (bicyclic) bond motifs is 1. The second-order valence-electron chi connectivity index (χ2n) is 11.6. The van der Waals surface area contributed by atoms with Crippen LogP contribution in [0.25, 0.3) is 0 Å². The molecule has 0 bridgehead atoms. The van der Waals surface area contributed by atoms with Crippen molar-refractivity contribution >= 4 is 11.8 Å². The zero-order valence-corrected chi connectivity index (χ0v) is 22.2. The third-order valence-corrected chi connectivity index (χ3v) is 8.89. The summed E-state index contributed by atoms with van der Waals surface area (Å²) in [4.78, 5) is 25.0. The number of rotatable bonds is 7. The molecule has 0 heterocycles. The molecule has 0 amide bonds. The zero-order chi connectivity index (χ0) is 26.0. The second kappa shape index (κ2) is 11.0. The fourth-order valence-electron chi connectivity index (χ4n) is 6.60. The summed E-state index contributed by atoms with van der Waals surface area (Å²) in [5.74, 6) is 0.495. The number of carbonyl (C=O) groups excluding carboxylic acids is 2. The van der Waals surface area contributed by atoms with Gasteiger partial charge in [-0.25, -0.2) is 0 Å². The molecule has 35 heavy (non-hydrogen) atoms. The summed E-state index contributed by atoms with van der Waals surface area (Å²) in [7, 11) is 0. The zero-order valence-electron chi connectivity index (χ0n) is 22.2. The molecule has 0 aromatic rings. The molecule has 3 fully saturated rings. The van der Waals surface area contributed by atoms with Crippen LogP contribution >= 0.6 is 0 Å². The molecule has 0 radical (unpaired) electrons. The van der Waals surface area contributed by atoms with Crippen molar-refractivity contribution in [2.75, 3.05) is 6.61 Å². The molecule has 3 rings (SSSR count). The average Bonchev–Trinajstić information content (AvgIpc) is 3.16. The molecule has 0 spiro atoms. The number of aliphatic hydroxyl groups excluding tert-OH is 2. The Morgan fingerprint density at radius 2 is 1.97 bits per heavy atom. The molecule has 0 saturated heterocycles. The van der Waals surface area contributed by atoms with Crippen LogP contribution in [0, 0.1) is 28.6 Å². The summed E-state index contributed by atoms with van der Waals surface area (Å²) < 4.78 is 5.08. The highest BCUT2D eigenvalue weighted by Gasteiger charge is 2.50. The van der Waals surface area contributed by atoms with E-state index in [1.165, 1.54) is 12.0 Å². The molecular formula is C30H44O5. The highest BCUT2D eigenvalue weighted by atomic mass is 16.5. The average molecular weight is 485 g/mol. The topological polar surface area (TPSA) is 83.8 Å². The number of ketones is 1. The van der Waals surface area contributed by atoms with Crippen LogP contribution in [0.3, 0.4) is 0 Å². The predicted molar refractivity (Wildman–Crippen MR) is 138 cm³/mol. The van der Waals surface area contributed by atoms with E-state index < -0.39 is 23.6 Å². The fourth-order valence-corrected chi connectivity index (χ4v) is 6.60. The van der Waals surface area contributed by atoms with Crippen molar-refractivity contribution in [2.24, 2.45) is 28.6 Å². The van der Waals surface area contributed by atoms with Gasteiger partial charge in [0.15, 0.2) is 5.78 Å². The molecule has 0 aliphatic heterocycles. The van der Waals surface area contributed by atoms with Gasteiger partial charge in [0.1, 0.15) is 5.41 Å². The quantitative estimate of drug-likeness (QED) is 0.284. The minimum atomic E-state index is -1.17. The first-order chi connectivity index (χ1) is 16.4. The number of allylic oxidation sites excluding steroid dienone is 5. The van der Waals surface area contributed by atoms with E-state index in [0.717, 1.165) is 36.8 Å². The maximum absolute atomic E-state index is 12.8. The van der Waals surface area contributed by atoms with Gasteiger partial charge in [0.05, 0.1) is 18.8 Å². The Kier molecular flexibility index (Phi) is 8.64. The molecule has 3 aliphatic carbocycles. The highest BCUT2D eigenvalue weighted by molar-refractivity contribution is 6.08. The number of ether oxygens (including phenoxy) is 1. The van der Waals surface area contributed by atoms with Gasteiger partial charge in [-0.1, -0.05) is 44.2 Å². The predicted octanol–water partition coefficient (Wildman–Crippen LogP) is 5.48. The Morgan fingerprint density at radius 3 is 2.66 bits per heavy atom. The molecule has 3 saturated carbocycles. The molecule has 0 unspecified atom stereocenters. The number of hydrogen-bond donors (Lipinski definition) is 2. The van der Waals surface area contributed by atoms with E-state index in [0.29, 0.717) is 24.7 Å². The molecular weight excluding hydrogens is 440 g/mol. The lowest BCUT2D eigenvalue weighted by Gasteiger charge is -2.44. The van der Waals surface area contributed by atoms with Crippen molar-refractivity contribution in [2.45, 2.75) is 91.8 Å². The number of hydrogen-bond acceptors (Lipinski definition) is 5. The number of aliphatic hydroxyl groups is 2. The summed E-state index contributed by atoms with van der Waals surface area (Å²) in [6, 6.07) is 0. The van der Waals surface area contributed by atoms with Crippen LogP contribution < -0.4 is 0 Å². The van der Waals surface area contributed by atoms with E-state index in [-0.39, 0.29) is 23.7 Å². The Hall–Kier alpha value is -1.98. The minimum absolute atomic E-state index is 0.161. The van der Waals surface area contributed by atoms with Gasteiger partial charge in [-0.05, 0) is 99.7 Å². The summed E-state index contributed by atoms with van der Waals surface area (Å²) in [6.07, 6.45) is 13.2. The van der Waals surface area contributed by atoms with Crippen LogP contribution in [0.1, 0.15) is 79.6 Å². The third-order valence-electron chi connectivity index (χ3n) is 8.89. The molecule has 3 aliphatic rings. The van der Waals surface area contributed by atoms with E-state index in [1.807, 2.05) is 6.08 Å². The van der Waals surface area contributed by atoms with E-state index in [1.54, 1.807) is 26.8 Å². The van der Waals surface area contributed by atoms with Gasteiger partial charge >= 0.3 is 5.97 Å². The lowest BCUT2D eigenvalue weighted by Crippen LogP contribution is -2.36. The summed E-state index contributed by atoms with van der Waals surface area (Å²) in [5.41, 5.74) is 2.11. The van der Waals surface area contributed by atoms with Crippen molar-refractivity contribution in [3.63, 3.8) is 0 Å². The minimum Gasteiger partial charge on any atom is -0.465 e. The van der Waals surface area contributed by atoms with Crippen molar-refractivity contribution < 1.29 is 24.5 Å². The summed E-state index contributed by atoms with van der Waals surface area (Å²) in [6.45, 7) is 13.9. The molecule has 6 atom stereocenters. The summed E-state index contributed by atoms with van der Waals surface area (Å²) >= 11 is 0. The van der Waals surface area contributed by atoms with Crippen LogP contribution in [0.15, 0.2) is 47.6 Å². The lowest BCUT2D eigenvalue weighted by molar-refractivity contribution is -0.156. The monoisotopic (exact) mass is 484 g/mol. The van der Waals surface area contributed by atoms with Gasteiger partial charge in [-0.3, -0.25) is 9.59 Å². The van der Waals surface area contributed by atoms with Crippen molar-refractivity contribution in [3.8, 4) is 0 Å². The Labute approximate surface area is 211 Å². The molecule has 0 aromatic heterocycles. The van der Waals surface area contributed by atoms with Gasteiger partial charge < -0.3 is 14.9 Å². The van der Waals surface area contributed by atoms with E-state index in [2.05, 4.69) is 32.6 Å². The first-order valence-electron chi connectivity index (χ1n) is 13.3. The third kappa shape index (κ3) is 5.72. The van der Waals surface area contributed by atoms with Crippen LogP contribution in [-0.4, -0.2) is 40.8 Å². The van der Waals surface area contributed by atoms with E-state index >= 15 is 0 Å². The number of carbonyl (C=O) groups is 2. The van der Waals surface area contributed by atoms with Crippen molar-refractivity contribution in [1.82, 2.24) is 0 Å². The van der Waals surface area contributed by atoms with Gasteiger partial charge in [0, 0.05) is 6.42 Å². The largest absolute Gasteiger partial charge is 0.465 e. The van der Waals surface area contributed by atoms with E-state index in [9.17, 15) is 19.8 Å².